The van der Waals surface area contributed by atoms with Crippen molar-refractivity contribution in [2.24, 2.45) is 0 Å². The van der Waals surface area contributed by atoms with Gasteiger partial charge in [-0.3, -0.25) is 0 Å². The Hall–Kier alpha value is -1.10. The molecule has 4 rings (SSSR count). The van der Waals surface area contributed by atoms with Crippen LogP contribution in [0.5, 0.6) is 5.75 Å². The van der Waals surface area contributed by atoms with Gasteiger partial charge in [0.25, 0.3) is 0 Å². The number of hydrogen-bond acceptors (Lipinski definition) is 4. The summed E-state index contributed by atoms with van der Waals surface area (Å²) in [6.45, 7) is 4.32. The summed E-state index contributed by atoms with van der Waals surface area (Å²) in [6, 6.07) is 6.76. The van der Waals surface area contributed by atoms with Gasteiger partial charge >= 0.3 is 0 Å². The van der Waals surface area contributed by atoms with Crippen LogP contribution < -0.4 is 5.32 Å². The van der Waals surface area contributed by atoms with Crippen molar-refractivity contribution in [2.75, 3.05) is 20.1 Å². The van der Waals surface area contributed by atoms with E-state index in [2.05, 4.69) is 30.3 Å². The molecule has 0 aromatic heterocycles. The van der Waals surface area contributed by atoms with Gasteiger partial charge in [0.1, 0.15) is 5.75 Å². The highest BCUT2D eigenvalue weighted by molar-refractivity contribution is 5.45. The number of nitrogens with one attached hydrogen (secondary N) is 1. The minimum atomic E-state index is -0.460. The van der Waals surface area contributed by atoms with Crippen LogP contribution in [0.15, 0.2) is 18.2 Å². The summed E-state index contributed by atoms with van der Waals surface area (Å²) in [5.74, 6) is 0.373. The highest BCUT2D eigenvalue weighted by Gasteiger charge is 2.49. The van der Waals surface area contributed by atoms with Crippen LogP contribution in [0.25, 0.3) is 0 Å². The summed E-state index contributed by atoms with van der Waals surface area (Å²) in [6.07, 6.45) is 8.48. The average molecular weight is 359 g/mol. The zero-order valence-corrected chi connectivity index (χ0v) is 16.3. The SMILES string of the molecule is CN1CC[C@]2(C)c3cc(O)ccc3C[C@@H]1[C@H]2NCCC1(O)CCCCC1. The van der Waals surface area contributed by atoms with Crippen LogP contribution in [0.4, 0.5) is 0 Å². The molecule has 1 saturated heterocycles. The molecule has 2 fully saturated rings. The maximum absolute atomic E-state index is 10.8. The van der Waals surface area contributed by atoms with Crippen molar-refractivity contribution in [3.8, 4) is 5.75 Å². The van der Waals surface area contributed by atoms with Gasteiger partial charge in [-0.2, -0.15) is 0 Å². The first-order valence-electron chi connectivity index (χ1n) is 10.4. The van der Waals surface area contributed by atoms with Gasteiger partial charge in [-0.1, -0.05) is 32.3 Å². The lowest BCUT2D eigenvalue weighted by Crippen LogP contribution is -2.66. The van der Waals surface area contributed by atoms with E-state index in [1.54, 1.807) is 0 Å². The van der Waals surface area contributed by atoms with Crippen molar-refractivity contribution in [3.05, 3.63) is 29.3 Å². The van der Waals surface area contributed by atoms with Crippen molar-refractivity contribution in [1.82, 2.24) is 10.2 Å². The number of piperidine rings is 1. The van der Waals surface area contributed by atoms with E-state index in [1.165, 1.54) is 17.5 Å². The van der Waals surface area contributed by atoms with Crippen molar-refractivity contribution < 1.29 is 10.2 Å². The largest absolute Gasteiger partial charge is 0.508 e. The fraction of sp³-hybridized carbons (Fsp3) is 0.727. The Bertz CT molecular complexity index is 656. The number of rotatable bonds is 4. The summed E-state index contributed by atoms with van der Waals surface area (Å²) in [5.41, 5.74) is 2.28. The number of hydrogen-bond donors (Lipinski definition) is 3. The van der Waals surface area contributed by atoms with E-state index in [4.69, 9.17) is 0 Å². The van der Waals surface area contributed by atoms with E-state index in [9.17, 15) is 10.2 Å². The number of nitrogens with zero attached hydrogens (tertiary/aromatic N) is 1. The zero-order valence-electron chi connectivity index (χ0n) is 16.3. The first kappa shape index (κ1) is 18.3. The molecule has 26 heavy (non-hydrogen) atoms. The third-order valence-corrected chi connectivity index (χ3v) is 7.50. The molecule has 1 aromatic rings. The summed E-state index contributed by atoms with van der Waals surface area (Å²) < 4.78 is 0. The summed E-state index contributed by atoms with van der Waals surface area (Å²) in [5, 5.41) is 24.7. The monoisotopic (exact) mass is 358 g/mol. The summed E-state index contributed by atoms with van der Waals surface area (Å²) >= 11 is 0. The quantitative estimate of drug-likeness (QED) is 0.775. The van der Waals surface area contributed by atoms with Gasteiger partial charge < -0.3 is 20.4 Å². The van der Waals surface area contributed by atoms with Crippen LogP contribution >= 0.6 is 0 Å². The molecular formula is C22H34N2O2. The molecule has 2 aliphatic carbocycles. The predicted molar refractivity (Wildman–Crippen MR) is 105 cm³/mol. The molecule has 1 saturated carbocycles. The van der Waals surface area contributed by atoms with Crippen molar-refractivity contribution in [1.29, 1.82) is 0 Å². The van der Waals surface area contributed by atoms with E-state index in [-0.39, 0.29) is 5.41 Å². The molecule has 1 aromatic carbocycles. The number of aliphatic hydroxyl groups is 1. The summed E-state index contributed by atoms with van der Waals surface area (Å²) in [7, 11) is 2.24. The fourth-order valence-corrected chi connectivity index (χ4v) is 5.77. The number of likely N-dealkylation sites (N-methyl/N-ethyl adjacent to an activating group) is 1. The van der Waals surface area contributed by atoms with Crippen LogP contribution in [0.2, 0.25) is 0 Å². The van der Waals surface area contributed by atoms with E-state index >= 15 is 0 Å². The number of fused-ring (bicyclic) bond motifs is 4. The molecule has 2 bridgehead atoms. The molecule has 3 aliphatic rings. The third kappa shape index (κ3) is 3.17. The molecule has 4 heteroatoms. The van der Waals surface area contributed by atoms with Crippen molar-refractivity contribution in [2.45, 2.75) is 81.4 Å². The molecule has 1 aliphatic heterocycles. The number of phenols is 1. The van der Waals surface area contributed by atoms with Gasteiger partial charge in [-0.25, -0.2) is 0 Å². The molecule has 0 radical (unpaired) electrons. The highest BCUT2D eigenvalue weighted by atomic mass is 16.3. The molecule has 3 atom stereocenters. The van der Waals surface area contributed by atoms with Gasteiger partial charge in [0, 0.05) is 17.5 Å². The molecule has 0 spiro atoms. The number of phenolic OH excluding ortho intramolecular Hbond substituents is 1. The van der Waals surface area contributed by atoms with Gasteiger partial charge in [-0.15, -0.1) is 0 Å². The molecule has 0 amide bonds. The number of likely N-dealkylation sites (tertiary alicyclic amines) is 1. The molecule has 3 N–H and O–H groups in total. The number of aromatic hydroxyl groups is 1. The maximum Gasteiger partial charge on any atom is 0.115 e. The van der Waals surface area contributed by atoms with Crippen LogP contribution in [0, 0.1) is 0 Å². The second-order valence-corrected chi connectivity index (χ2v) is 9.23. The lowest BCUT2D eigenvalue weighted by molar-refractivity contribution is -0.00751. The third-order valence-electron chi connectivity index (χ3n) is 7.50. The maximum atomic E-state index is 10.8. The Labute approximate surface area is 157 Å². The lowest BCUT2D eigenvalue weighted by atomic mass is 9.61. The Kier molecular flexibility index (Phi) is 4.79. The van der Waals surface area contributed by atoms with E-state index < -0.39 is 5.60 Å². The topological polar surface area (TPSA) is 55.7 Å². The van der Waals surface area contributed by atoms with Crippen LogP contribution in [0.1, 0.15) is 63.0 Å². The van der Waals surface area contributed by atoms with Crippen LogP contribution in [-0.2, 0) is 11.8 Å². The van der Waals surface area contributed by atoms with Crippen LogP contribution in [0.3, 0.4) is 0 Å². The Balaban J connectivity index is 1.53. The van der Waals surface area contributed by atoms with E-state index in [1.807, 2.05) is 12.1 Å². The normalized spacial score (nSPS) is 33.7. The number of benzene rings is 1. The van der Waals surface area contributed by atoms with Crippen molar-refractivity contribution in [3.63, 3.8) is 0 Å². The second kappa shape index (κ2) is 6.81. The predicted octanol–water partition coefficient (Wildman–Crippen LogP) is 2.95. The minimum absolute atomic E-state index is 0.0404. The molecule has 4 nitrogen and oxygen atoms in total. The second-order valence-electron chi connectivity index (χ2n) is 9.23. The molecule has 144 valence electrons. The average Bonchev–Trinajstić information content (AvgIpc) is 2.61. The lowest BCUT2D eigenvalue weighted by Gasteiger charge is -2.55. The Morgan fingerprint density at radius 3 is 2.73 bits per heavy atom. The minimum Gasteiger partial charge on any atom is -0.508 e. The molecule has 0 unspecified atom stereocenters. The first-order valence-corrected chi connectivity index (χ1v) is 10.4. The molecular weight excluding hydrogens is 324 g/mol. The fourth-order valence-electron chi connectivity index (χ4n) is 5.77. The standard InChI is InChI=1S/C22H34N2O2/c1-21-11-13-24(2)19(14-16-6-7-17(25)15-18(16)21)20(21)23-12-10-22(26)8-4-3-5-9-22/h6-7,15,19-20,23,25-26H,3-5,8-14H2,1-2H3/t19-,20-,21-/m1/s1. The van der Waals surface area contributed by atoms with Gasteiger partial charge in [0.05, 0.1) is 5.60 Å². The van der Waals surface area contributed by atoms with Gasteiger partial charge in [-0.05, 0) is 75.5 Å². The van der Waals surface area contributed by atoms with Crippen molar-refractivity contribution >= 4 is 0 Å². The highest BCUT2D eigenvalue weighted by Crippen LogP contribution is 2.45. The summed E-state index contributed by atoms with van der Waals surface area (Å²) in [4.78, 5) is 2.49. The Morgan fingerprint density at radius 1 is 1.19 bits per heavy atom. The zero-order chi connectivity index (χ0) is 18.4. The smallest absolute Gasteiger partial charge is 0.115 e. The van der Waals surface area contributed by atoms with E-state index in [0.717, 1.165) is 58.0 Å². The molecule has 1 heterocycles. The van der Waals surface area contributed by atoms with E-state index in [0.29, 0.717) is 17.8 Å². The first-order chi connectivity index (χ1) is 12.4. The van der Waals surface area contributed by atoms with Gasteiger partial charge in [0.2, 0.25) is 0 Å². The van der Waals surface area contributed by atoms with Gasteiger partial charge in [0.15, 0.2) is 0 Å². The van der Waals surface area contributed by atoms with Crippen LogP contribution in [-0.4, -0.2) is 52.9 Å². The Morgan fingerprint density at radius 2 is 1.96 bits per heavy atom.